The van der Waals surface area contributed by atoms with Gasteiger partial charge in [0.15, 0.2) is 5.75 Å². The van der Waals surface area contributed by atoms with Crippen LogP contribution in [0.3, 0.4) is 0 Å². The summed E-state index contributed by atoms with van der Waals surface area (Å²) in [6.45, 7) is 6.34. The van der Waals surface area contributed by atoms with Gasteiger partial charge in [0.1, 0.15) is 0 Å². The van der Waals surface area contributed by atoms with Gasteiger partial charge in [-0.3, -0.25) is 4.98 Å². The van der Waals surface area contributed by atoms with Crippen LogP contribution in [0, 0.1) is 0 Å². The number of pyridine rings is 1. The van der Waals surface area contributed by atoms with Crippen molar-refractivity contribution in [1.29, 1.82) is 0 Å². The highest BCUT2D eigenvalue weighted by atomic mass is 16.5. The minimum absolute atomic E-state index is 0.203. The summed E-state index contributed by atoms with van der Waals surface area (Å²) in [5.41, 5.74) is 16.4. The molecule has 0 saturated carbocycles. The van der Waals surface area contributed by atoms with Crippen molar-refractivity contribution in [1.82, 2.24) is 14.1 Å². The number of para-hydroxylation sites is 2. The van der Waals surface area contributed by atoms with Gasteiger partial charge in [0.2, 0.25) is 17.5 Å². The normalized spacial score (nSPS) is 15.1. The second-order valence-electron chi connectivity index (χ2n) is 13.3. The van der Waals surface area contributed by atoms with Crippen molar-refractivity contribution in [3.63, 3.8) is 0 Å². The number of hydrogen-bond acceptors (Lipinski definition) is 2. The molecule has 4 nitrogen and oxygen atoms in total. The predicted molar refractivity (Wildman–Crippen MR) is 217 cm³/mol. The average molecular weight is 669 g/mol. The van der Waals surface area contributed by atoms with Gasteiger partial charge in [-0.2, -0.15) is 4.58 Å². The molecule has 10 rings (SSSR count). The van der Waals surface area contributed by atoms with Crippen LogP contribution in [0.25, 0.3) is 73.4 Å². The van der Waals surface area contributed by atoms with E-state index >= 15 is 0 Å². The molecule has 2 aromatic heterocycles. The van der Waals surface area contributed by atoms with E-state index in [-0.39, 0.29) is 6.10 Å². The quantitative estimate of drug-likeness (QED) is 0.175. The first-order valence-electron chi connectivity index (χ1n) is 17.7. The highest BCUT2D eigenvalue weighted by Gasteiger charge is 2.38. The van der Waals surface area contributed by atoms with E-state index in [1.165, 1.54) is 10.9 Å². The summed E-state index contributed by atoms with van der Waals surface area (Å²) in [6, 6.07) is 43.5. The van der Waals surface area contributed by atoms with Gasteiger partial charge >= 0.3 is 0 Å². The zero-order valence-electron chi connectivity index (χ0n) is 28.7. The van der Waals surface area contributed by atoms with Crippen molar-refractivity contribution in [2.45, 2.75) is 13.0 Å². The Morgan fingerprint density at radius 1 is 0.731 bits per heavy atom. The summed E-state index contributed by atoms with van der Waals surface area (Å²) in [5, 5.41) is 1.20. The summed E-state index contributed by atoms with van der Waals surface area (Å²) in [6.07, 6.45) is 16.4. The molecule has 7 aromatic rings. The zero-order chi connectivity index (χ0) is 34.8. The molecule has 5 aromatic carbocycles. The Hall–Kier alpha value is -6.78. The highest BCUT2D eigenvalue weighted by Crippen LogP contribution is 2.51. The van der Waals surface area contributed by atoms with Gasteiger partial charge in [0.05, 0.1) is 16.9 Å². The van der Waals surface area contributed by atoms with Crippen LogP contribution in [-0.2, 0) is 0 Å². The second kappa shape index (κ2) is 11.9. The average Bonchev–Trinajstić information content (AvgIpc) is 3.52. The highest BCUT2D eigenvalue weighted by molar-refractivity contribution is 6.09. The number of ether oxygens (including phenoxy) is 1. The minimum atomic E-state index is -0.203. The molecule has 0 radical (unpaired) electrons. The fourth-order valence-corrected chi connectivity index (χ4v) is 8.24. The van der Waals surface area contributed by atoms with E-state index in [1.54, 1.807) is 0 Å². The second-order valence-corrected chi connectivity index (χ2v) is 13.3. The standard InChI is InChI=1S/C48H34N3O/c1-3-15-36-37-20-10-11-22-43(37)51(42(36)4-2)32-25-26-35-39(28-32)34-19-9-8-18-33(34)38-21-14-27-49-48(38)41-30-47-45(29-40(35)41)50(31-16-6-5-7-17-31)44-23-12-13-24-46(44)52-47/h3-30,46H,2H2,1H3/q+1/b15-3-,38-33?,39-34?,40-35?,48-41?. The van der Waals surface area contributed by atoms with E-state index in [4.69, 9.17) is 9.72 Å². The maximum atomic E-state index is 6.80. The lowest BCUT2D eigenvalue weighted by Gasteiger charge is -2.27. The van der Waals surface area contributed by atoms with Crippen LogP contribution in [0.15, 0.2) is 164 Å². The Morgan fingerprint density at radius 3 is 2.33 bits per heavy atom. The summed E-state index contributed by atoms with van der Waals surface area (Å²) < 4.78 is 11.5. The number of benzene rings is 5. The first kappa shape index (κ1) is 30.1. The van der Waals surface area contributed by atoms with Crippen LogP contribution in [0.4, 0.5) is 11.4 Å². The van der Waals surface area contributed by atoms with Crippen molar-refractivity contribution in [3.05, 3.63) is 176 Å². The molecule has 1 atom stereocenters. The fourth-order valence-electron chi connectivity index (χ4n) is 8.24. The molecule has 0 fully saturated rings. The molecule has 0 bridgehead atoms. The SMILES string of the molecule is C=Cc1c(/C=C\C)c2ccccc2n1-c1ccc2c(c1)-c1ccccc1-c1cccnc1-c1cc3c(cc1-2)[N+](c1ccccc1)=C1C=CC=CC1O3. The summed E-state index contributed by atoms with van der Waals surface area (Å²) >= 11 is 0. The van der Waals surface area contributed by atoms with Gasteiger partial charge in [-0.1, -0.05) is 104 Å². The van der Waals surface area contributed by atoms with Gasteiger partial charge in [0, 0.05) is 58.2 Å². The number of allylic oxidation sites excluding steroid dienone is 3. The molecule has 1 aliphatic heterocycles. The molecule has 52 heavy (non-hydrogen) atoms. The van der Waals surface area contributed by atoms with Crippen LogP contribution in [0.2, 0.25) is 0 Å². The van der Waals surface area contributed by atoms with Gasteiger partial charge in [0.25, 0.3) is 5.69 Å². The molecule has 3 aliphatic rings. The molecule has 2 aliphatic carbocycles. The fraction of sp³-hybridized carbons (Fsp3) is 0.0417. The third kappa shape index (κ3) is 4.47. The minimum Gasteiger partial charge on any atom is -0.468 e. The molecule has 4 heteroatoms. The largest absolute Gasteiger partial charge is 0.468 e. The molecule has 0 amide bonds. The van der Waals surface area contributed by atoms with Crippen LogP contribution >= 0.6 is 0 Å². The molecular weight excluding hydrogens is 635 g/mol. The first-order valence-corrected chi connectivity index (χ1v) is 17.7. The van der Waals surface area contributed by atoms with E-state index < -0.39 is 0 Å². The van der Waals surface area contributed by atoms with E-state index in [2.05, 4.69) is 174 Å². The number of fused-ring (bicyclic) bond motifs is 11. The lowest BCUT2D eigenvalue weighted by atomic mass is 9.82. The Labute approximate surface area is 302 Å². The lowest BCUT2D eigenvalue weighted by Crippen LogP contribution is -2.36. The zero-order valence-corrected chi connectivity index (χ0v) is 28.7. The van der Waals surface area contributed by atoms with Crippen LogP contribution < -0.4 is 9.31 Å². The summed E-state index contributed by atoms with van der Waals surface area (Å²) in [4.78, 5) is 5.06. The first-order chi connectivity index (χ1) is 25.7. The van der Waals surface area contributed by atoms with Gasteiger partial charge in [-0.25, -0.2) is 0 Å². The summed E-state index contributed by atoms with van der Waals surface area (Å²) in [5.74, 6) is 0.825. The number of aromatic nitrogens is 2. The van der Waals surface area contributed by atoms with Gasteiger partial charge in [-0.05, 0) is 77.2 Å². The Balaban J connectivity index is 1.30. The maximum absolute atomic E-state index is 6.80. The van der Waals surface area contributed by atoms with Crippen molar-refractivity contribution < 1.29 is 4.74 Å². The topological polar surface area (TPSA) is 30.1 Å². The predicted octanol–water partition coefficient (Wildman–Crippen LogP) is 11.8. The molecule has 3 heterocycles. The number of rotatable bonds is 4. The van der Waals surface area contributed by atoms with Crippen molar-refractivity contribution >= 4 is 40.1 Å². The van der Waals surface area contributed by atoms with Gasteiger partial charge in [-0.15, -0.1) is 0 Å². The van der Waals surface area contributed by atoms with Crippen LogP contribution in [0.1, 0.15) is 18.2 Å². The van der Waals surface area contributed by atoms with Crippen molar-refractivity contribution in [2.24, 2.45) is 0 Å². The number of hydrogen-bond donors (Lipinski definition) is 0. The van der Waals surface area contributed by atoms with E-state index in [1.807, 2.05) is 18.3 Å². The van der Waals surface area contributed by atoms with Crippen LogP contribution in [0.5, 0.6) is 5.75 Å². The molecule has 0 saturated heterocycles. The molecule has 1 unspecified atom stereocenters. The molecular formula is C48H34N3O+. The smallest absolute Gasteiger partial charge is 0.254 e. The van der Waals surface area contributed by atoms with Crippen LogP contribution in [-0.4, -0.2) is 21.4 Å². The number of nitrogens with zero attached hydrogens (tertiary/aromatic N) is 3. The lowest BCUT2D eigenvalue weighted by molar-refractivity contribution is 0.303. The molecule has 0 N–H and O–H groups in total. The third-order valence-electron chi connectivity index (χ3n) is 10.4. The molecule has 246 valence electrons. The third-order valence-corrected chi connectivity index (χ3v) is 10.4. The maximum Gasteiger partial charge on any atom is 0.254 e. The van der Waals surface area contributed by atoms with Gasteiger partial charge < -0.3 is 9.30 Å². The van der Waals surface area contributed by atoms with E-state index in [9.17, 15) is 0 Å². The van der Waals surface area contributed by atoms with Crippen molar-refractivity contribution in [2.75, 3.05) is 0 Å². The van der Waals surface area contributed by atoms with E-state index in [0.29, 0.717) is 0 Å². The Morgan fingerprint density at radius 2 is 1.48 bits per heavy atom. The van der Waals surface area contributed by atoms with Crippen molar-refractivity contribution in [3.8, 4) is 56.1 Å². The monoisotopic (exact) mass is 668 g/mol. The Bertz CT molecular complexity index is 2740. The molecule has 0 spiro atoms. The Kier molecular flexibility index (Phi) is 6.90. The summed E-state index contributed by atoms with van der Waals surface area (Å²) in [7, 11) is 0. The van der Waals surface area contributed by atoms with E-state index in [0.717, 1.165) is 84.4 Å².